The molecule has 1 heterocycles. The summed E-state index contributed by atoms with van der Waals surface area (Å²) in [7, 11) is 0. The minimum atomic E-state index is -0.960. The average Bonchev–Trinajstić information content (AvgIpc) is 1.95. The molecule has 3 heteroatoms. The van der Waals surface area contributed by atoms with E-state index in [-0.39, 0.29) is 6.10 Å². The molecule has 10 heavy (non-hydrogen) atoms. The van der Waals surface area contributed by atoms with Crippen LogP contribution in [0.1, 0.15) is 26.2 Å². The SMILES string of the molecule is CC[C@H]1CCC(O)C(O)O1. The van der Waals surface area contributed by atoms with Crippen LogP contribution < -0.4 is 0 Å². The second-order valence-electron chi connectivity index (χ2n) is 2.70. The van der Waals surface area contributed by atoms with E-state index in [1.165, 1.54) is 0 Å². The molecule has 2 unspecified atom stereocenters. The molecule has 1 saturated heterocycles. The quantitative estimate of drug-likeness (QED) is 0.557. The number of aliphatic hydroxyl groups is 2. The number of hydrogen-bond acceptors (Lipinski definition) is 3. The van der Waals surface area contributed by atoms with Crippen LogP contribution in [-0.4, -0.2) is 28.7 Å². The molecule has 1 fully saturated rings. The van der Waals surface area contributed by atoms with E-state index in [1.54, 1.807) is 0 Å². The monoisotopic (exact) mass is 146 g/mol. The van der Waals surface area contributed by atoms with Crippen molar-refractivity contribution in [2.24, 2.45) is 0 Å². The van der Waals surface area contributed by atoms with Gasteiger partial charge in [-0.1, -0.05) is 6.92 Å². The van der Waals surface area contributed by atoms with Gasteiger partial charge in [-0.2, -0.15) is 0 Å². The van der Waals surface area contributed by atoms with Crippen LogP contribution in [-0.2, 0) is 4.74 Å². The summed E-state index contributed by atoms with van der Waals surface area (Å²) in [5, 5.41) is 18.0. The highest BCUT2D eigenvalue weighted by molar-refractivity contribution is 4.70. The number of rotatable bonds is 1. The van der Waals surface area contributed by atoms with Crippen molar-refractivity contribution in [3.05, 3.63) is 0 Å². The topological polar surface area (TPSA) is 49.7 Å². The molecule has 0 aliphatic carbocycles. The van der Waals surface area contributed by atoms with Gasteiger partial charge in [-0.15, -0.1) is 0 Å². The van der Waals surface area contributed by atoms with Crippen LogP contribution in [0.25, 0.3) is 0 Å². The van der Waals surface area contributed by atoms with Crippen molar-refractivity contribution in [3.63, 3.8) is 0 Å². The molecule has 0 aromatic carbocycles. The van der Waals surface area contributed by atoms with Gasteiger partial charge in [0.25, 0.3) is 0 Å². The largest absolute Gasteiger partial charge is 0.388 e. The maximum absolute atomic E-state index is 9.02. The van der Waals surface area contributed by atoms with Gasteiger partial charge in [-0.3, -0.25) is 0 Å². The Hall–Kier alpha value is -0.120. The summed E-state index contributed by atoms with van der Waals surface area (Å²) in [6.45, 7) is 2.01. The maximum Gasteiger partial charge on any atom is 0.181 e. The van der Waals surface area contributed by atoms with Gasteiger partial charge in [0, 0.05) is 0 Å². The van der Waals surface area contributed by atoms with Crippen molar-refractivity contribution < 1.29 is 14.9 Å². The molecular weight excluding hydrogens is 132 g/mol. The first-order chi connectivity index (χ1) is 4.74. The second kappa shape index (κ2) is 3.32. The number of ether oxygens (including phenoxy) is 1. The lowest BCUT2D eigenvalue weighted by molar-refractivity contribution is -0.215. The maximum atomic E-state index is 9.02. The van der Waals surface area contributed by atoms with E-state index < -0.39 is 12.4 Å². The summed E-state index contributed by atoms with van der Waals surface area (Å²) in [6.07, 6.45) is 0.915. The van der Waals surface area contributed by atoms with Crippen molar-refractivity contribution >= 4 is 0 Å². The Kier molecular flexibility index (Phi) is 2.65. The zero-order chi connectivity index (χ0) is 7.56. The van der Waals surface area contributed by atoms with Crippen LogP contribution in [0.15, 0.2) is 0 Å². The molecule has 0 aromatic rings. The molecule has 60 valence electrons. The lowest BCUT2D eigenvalue weighted by Gasteiger charge is -2.29. The molecule has 0 spiro atoms. The Balaban J connectivity index is 2.33. The molecular formula is C7H14O3. The summed E-state index contributed by atoms with van der Waals surface area (Å²) >= 11 is 0. The molecule has 0 aromatic heterocycles. The van der Waals surface area contributed by atoms with Gasteiger partial charge < -0.3 is 14.9 Å². The van der Waals surface area contributed by atoms with E-state index in [2.05, 4.69) is 0 Å². The minimum absolute atomic E-state index is 0.137. The third kappa shape index (κ3) is 1.68. The van der Waals surface area contributed by atoms with E-state index >= 15 is 0 Å². The van der Waals surface area contributed by atoms with Gasteiger partial charge in [0.1, 0.15) is 6.10 Å². The van der Waals surface area contributed by atoms with Crippen LogP contribution in [0.5, 0.6) is 0 Å². The predicted octanol–water partition coefficient (Wildman–Crippen LogP) is 0.255. The zero-order valence-electron chi connectivity index (χ0n) is 6.16. The van der Waals surface area contributed by atoms with E-state index in [1.807, 2.05) is 6.92 Å². The first-order valence-corrected chi connectivity index (χ1v) is 3.75. The van der Waals surface area contributed by atoms with Gasteiger partial charge in [-0.05, 0) is 19.3 Å². The molecule has 0 bridgehead atoms. The Labute approximate surface area is 60.6 Å². The van der Waals surface area contributed by atoms with E-state index in [9.17, 15) is 0 Å². The van der Waals surface area contributed by atoms with E-state index in [0.717, 1.165) is 12.8 Å². The Morgan fingerprint density at radius 3 is 2.60 bits per heavy atom. The Morgan fingerprint density at radius 2 is 2.10 bits per heavy atom. The second-order valence-corrected chi connectivity index (χ2v) is 2.70. The highest BCUT2D eigenvalue weighted by atomic mass is 16.6. The van der Waals surface area contributed by atoms with Crippen molar-refractivity contribution in [1.82, 2.24) is 0 Å². The minimum Gasteiger partial charge on any atom is -0.388 e. The summed E-state index contributed by atoms with van der Waals surface area (Å²) in [4.78, 5) is 0. The lowest BCUT2D eigenvalue weighted by atomic mass is 10.0. The van der Waals surface area contributed by atoms with Crippen LogP contribution in [0.4, 0.5) is 0 Å². The fourth-order valence-electron chi connectivity index (χ4n) is 1.16. The summed E-state index contributed by atoms with van der Waals surface area (Å²) in [5.41, 5.74) is 0. The predicted molar refractivity (Wildman–Crippen MR) is 36.4 cm³/mol. The van der Waals surface area contributed by atoms with Crippen molar-refractivity contribution in [1.29, 1.82) is 0 Å². The third-order valence-corrected chi connectivity index (χ3v) is 1.90. The Morgan fingerprint density at radius 1 is 1.40 bits per heavy atom. The molecule has 0 amide bonds. The van der Waals surface area contributed by atoms with Crippen molar-refractivity contribution in [2.45, 2.75) is 44.7 Å². The van der Waals surface area contributed by atoms with Crippen LogP contribution >= 0.6 is 0 Å². The lowest BCUT2D eigenvalue weighted by Crippen LogP contribution is -2.38. The first kappa shape index (κ1) is 7.98. The molecule has 1 rings (SSSR count). The standard InChI is InChI=1S/C7H14O3/c1-2-5-3-4-6(8)7(9)10-5/h5-9H,2-4H2,1H3/t5-,6?,7?/m0/s1. The molecule has 0 radical (unpaired) electrons. The van der Waals surface area contributed by atoms with Crippen LogP contribution in [0.2, 0.25) is 0 Å². The highest BCUT2D eigenvalue weighted by Crippen LogP contribution is 2.19. The molecule has 0 saturated carbocycles. The van der Waals surface area contributed by atoms with E-state index in [0.29, 0.717) is 6.42 Å². The van der Waals surface area contributed by atoms with Gasteiger partial charge in [0.15, 0.2) is 6.29 Å². The smallest absolute Gasteiger partial charge is 0.181 e. The van der Waals surface area contributed by atoms with Crippen molar-refractivity contribution in [3.8, 4) is 0 Å². The average molecular weight is 146 g/mol. The fraction of sp³-hybridized carbons (Fsp3) is 1.00. The highest BCUT2D eigenvalue weighted by Gasteiger charge is 2.26. The van der Waals surface area contributed by atoms with Gasteiger partial charge in [0.2, 0.25) is 0 Å². The van der Waals surface area contributed by atoms with Crippen LogP contribution in [0.3, 0.4) is 0 Å². The third-order valence-electron chi connectivity index (χ3n) is 1.90. The number of hydrogen-bond donors (Lipinski definition) is 2. The molecule has 1 aliphatic rings. The molecule has 1 aliphatic heterocycles. The Bertz CT molecular complexity index is 105. The molecule has 3 atom stereocenters. The first-order valence-electron chi connectivity index (χ1n) is 3.75. The van der Waals surface area contributed by atoms with Crippen molar-refractivity contribution in [2.75, 3.05) is 0 Å². The van der Waals surface area contributed by atoms with E-state index in [4.69, 9.17) is 14.9 Å². The zero-order valence-corrected chi connectivity index (χ0v) is 6.16. The summed E-state index contributed by atoms with van der Waals surface area (Å²) in [6, 6.07) is 0. The van der Waals surface area contributed by atoms with Gasteiger partial charge >= 0.3 is 0 Å². The molecule has 2 N–H and O–H groups in total. The normalized spacial score (nSPS) is 41.7. The van der Waals surface area contributed by atoms with Crippen LogP contribution in [0, 0.1) is 0 Å². The summed E-state index contributed by atoms with van der Waals surface area (Å²) < 4.78 is 5.05. The fourth-order valence-corrected chi connectivity index (χ4v) is 1.16. The summed E-state index contributed by atoms with van der Waals surface area (Å²) in [5.74, 6) is 0. The van der Waals surface area contributed by atoms with Gasteiger partial charge in [0.05, 0.1) is 6.10 Å². The number of aliphatic hydroxyl groups excluding tert-OH is 2. The molecule has 3 nitrogen and oxygen atoms in total. The van der Waals surface area contributed by atoms with Gasteiger partial charge in [-0.25, -0.2) is 0 Å².